The van der Waals surface area contributed by atoms with Gasteiger partial charge >= 0.3 is 15.6 Å². The highest BCUT2D eigenvalue weighted by Gasteiger charge is 2.49. The van der Waals surface area contributed by atoms with Crippen molar-refractivity contribution in [3.8, 4) is 17.4 Å². The van der Waals surface area contributed by atoms with Crippen molar-refractivity contribution >= 4 is 10.1 Å². The van der Waals surface area contributed by atoms with Crippen LogP contribution in [0.2, 0.25) is 0 Å². The Labute approximate surface area is 134 Å². The van der Waals surface area contributed by atoms with Crippen molar-refractivity contribution < 1.29 is 35.6 Å². The molecule has 0 aliphatic heterocycles. The van der Waals surface area contributed by atoms with Crippen LogP contribution in [0.4, 0.5) is 13.2 Å². The number of aliphatic hydroxyl groups excluding tert-OH is 1. The van der Waals surface area contributed by atoms with Crippen LogP contribution in [0, 0.1) is 6.92 Å². The molecule has 1 aromatic carbocycles. The molecule has 0 aliphatic carbocycles. The van der Waals surface area contributed by atoms with Gasteiger partial charge in [0.15, 0.2) is 11.5 Å². The van der Waals surface area contributed by atoms with E-state index in [2.05, 4.69) is 14.4 Å². The summed E-state index contributed by atoms with van der Waals surface area (Å²) < 4.78 is 69.1. The number of hydrogen-bond acceptors (Lipinski definition) is 7. The predicted molar refractivity (Wildman–Crippen MR) is 74.8 cm³/mol. The van der Waals surface area contributed by atoms with Crippen molar-refractivity contribution in [1.29, 1.82) is 0 Å². The molecule has 0 amide bonds. The molecule has 0 unspecified atom stereocenters. The minimum Gasteiger partial charge on any atom is -0.434 e. The summed E-state index contributed by atoms with van der Waals surface area (Å²) in [5.41, 5.74) is -4.90. The maximum Gasteiger partial charge on any atom is 0.534 e. The topological polar surface area (TPSA) is 98.6 Å². The molecule has 1 heterocycles. The third kappa shape index (κ3) is 4.11. The smallest absolute Gasteiger partial charge is 0.434 e. The molecule has 11 heteroatoms. The van der Waals surface area contributed by atoms with E-state index in [0.717, 1.165) is 12.1 Å². The second-order valence-corrected chi connectivity index (χ2v) is 6.08. The minimum atomic E-state index is -5.89. The zero-order valence-corrected chi connectivity index (χ0v) is 12.9. The molecule has 130 valence electrons. The first kappa shape index (κ1) is 17.9. The fourth-order valence-electron chi connectivity index (χ4n) is 1.52. The summed E-state index contributed by atoms with van der Waals surface area (Å²) in [6.45, 7) is 1.13. The second kappa shape index (κ2) is 6.61. The molecule has 2 aromatic rings. The van der Waals surface area contributed by atoms with Crippen LogP contribution >= 0.6 is 0 Å². The molecular formula is C13H11F3N2O5S. The molecular weight excluding hydrogens is 353 g/mol. The highest BCUT2D eigenvalue weighted by Crippen LogP contribution is 2.35. The first-order chi connectivity index (χ1) is 11.1. The summed E-state index contributed by atoms with van der Waals surface area (Å²) in [6.07, 6.45) is 0. The van der Waals surface area contributed by atoms with Crippen molar-refractivity contribution in [3.05, 3.63) is 41.6 Å². The number of aryl methyl sites for hydroxylation is 1. The Balaban J connectivity index is 2.39. The van der Waals surface area contributed by atoms with E-state index in [9.17, 15) is 21.6 Å². The summed E-state index contributed by atoms with van der Waals surface area (Å²) in [5, 5.41) is 16.4. The lowest BCUT2D eigenvalue weighted by atomic mass is 10.2. The number of hydrogen-bond donors (Lipinski definition) is 1. The number of halogens is 3. The third-order valence-electron chi connectivity index (χ3n) is 2.66. The van der Waals surface area contributed by atoms with Gasteiger partial charge in [0.05, 0.1) is 12.3 Å². The molecule has 24 heavy (non-hydrogen) atoms. The molecule has 0 aliphatic rings. The van der Waals surface area contributed by atoms with Gasteiger partial charge in [-0.25, -0.2) is 0 Å². The summed E-state index contributed by atoms with van der Waals surface area (Å²) in [4.78, 5) is 0. The van der Waals surface area contributed by atoms with Gasteiger partial charge in [-0.1, -0.05) is 6.07 Å². The van der Waals surface area contributed by atoms with Crippen molar-refractivity contribution in [2.75, 3.05) is 0 Å². The third-order valence-corrected chi connectivity index (χ3v) is 3.63. The van der Waals surface area contributed by atoms with E-state index in [1.807, 2.05) is 0 Å². The number of alkyl halides is 3. The molecule has 2 rings (SSSR count). The fourth-order valence-corrected chi connectivity index (χ4v) is 1.98. The molecule has 7 nitrogen and oxygen atoms in total. The van der Waals surface area contributed by atoms with Crippen LogP contribution in [0.3, 0.4) is 0 Å². The molecule has 0 saturated heterocycles. The van der Waals surface area contributed by atoms with Gasteiger partial charge in [0.2, 0.25) is 5.88 Å². The zero-order chi connectivity index (χ0) is 18.0. The van der Waals surface area contributed by atoms with E-state index >= 15 is 0 Å². The van der Waals surface area contributed by atoms with E-state index in [0.29, 0.717) is 5.69 Å². The standard InChI is InChI=1S/C13H11F3N2O5S/c1-8-2-5-12(18-17-8)22-10-4-3-9(7-19)6-11(10)23-24(20,21)13(14,15)16/h2-6,19H,7H2,1H3. The Bertz CT molecular complexity index is 822. The van der Waals surface area contributed by atoms with Gasteiger partial charge in [-0.05, 0) is 30.7 Å². The molecule has 0 radical (unpaired) electrons. The molecule has 1 aromatic heterocycles. The van der Waals surface area contributed by atoms with Gasteiger partial charge in [0.1, 0.15) is 0 Å². The van der Waals surface area contributed by atoms with E-state index in [4.69, 9.17) is 9.84 Å². The van der Waals surface area contributed by atoms with Gasteiger partial charge in [0, 0.05) is 6.07 Å². The maximum atomic E-state index is 12.5. The van der Waals surface area contributed by atoms with Crippen LogP contribution in [0.1, 0.15) is 11.3 Å². The number of rotatable bonds is 5. The first-order valence-electron chi connectivity index (χ1n) is 6.35. The average molecular weight is 364 g/mol. The molecule has 0 spiro atoms. The van der Waals surface area contributed by atoms with Gasteiger partial charge in [-0.3, -0.25) is 0 Å². The Morgan fingerprint density at radius 2 is 1.83 bits per heavy atom. The van der Waals surface area contributed by atoms with E-state index in [-0.39, 0.29) is 17.2 Å². The van der Waals surface area contributed by atoms with Crippen LogP contribution in [-0.4, -0.2) is 29.2 Å². The summed E-state index contributed by atoms with van der Waals surface area (Å²) >= 11 is 0. The highest BCUT2D eigenvalue weighted by molar-refractivity contribution is 7.88. The molecule has 0 bridgehead atoms. The Morgan fingerprint density at radius 3 is 2.38 bits per heavy atom. The molecule has 1 N–H and O–H groups in total. The van der Waals surface area contributed by atoms with Gasteiger partial charge in [0.25, 0.3) is 0 Å². The van der Waals surface area contributed by atoms with Crippen LogP contribution in [0.15, 0.2) is 30.3 Å². The lowest BCUT2D eigenvalue weighted by molar-refractivity contribution is -0.0500. The van der Waals surface area contributed by atoms with Gasteiger partial charge in [-0.15, -0.1) is 5.10 Å². The Kier molecular flexibility index (Phi) is 4.94. The lowest BCUT2D eigenvalue weighted by Crippen LogP contribution is -2.28. The minimum absolute atomic E-state index is 0.0772. The van der Waals surface area contributed by atoms with Gasteiger partial charge < -0.3 is 14.0 Å². The Morgan fingerprint density at radius 1 is 1.12 bits per heavy atom. The van der Waals surface area contributed by atoms with E-state index in [1.54, 1.807) is 6.92 Å². The SMILES string of the molecule is Cc1ccc(Oc2ccc(CO)cc2OS(=O)(=O)C(F)(F)F)nn1. The van der Waals surface area contributed by atoms with Crippen LogP contribution in [0.5, 0.6) is 17.4 Å². The highest BCUT2D eigenvalue weighted by atomic mass is 32.2. The number of nitrogens with zero attached hydrogens (tertiary/aromatic N) is 2. The van der Waals surface area contributed by atoms with Crippen molar-refractivity contribution in [1.82, 2.24) is 10.2 Å². The lowest BCUT2D eigenvalue weighted by Gasteiger charge is -2.14. The number of aliphatic hydroxyl groups is 1. The Hall–Kier alpha value is -2.40. The molecule has 0 saturated carbocycles. The van der Waals surface area contributed by atoms with Crippen molar-refractivity contribution in [3.63, 3.8) is 0 Å². The van der Waals surface area contributed by atoms with E-state index in [1.165, 1.54) is 18.2 Å². The average Bonchev–Trinajstić information content (AvgIpc) is 2.49. The maximum absolute atomic E-state index is 12.5. The summed E-state index contributed by atoms with van der Waals surface area (Å²) in [5.74, 6) is -1.15. The largest absolute Gasteiger partial charge is 0.534 e. The summed E-state index contributed by atoms with van der Waals surface area (Å²) in [6, 6.07) is 6.32. The normalized spacial score (nSPS) is 12.0. The monoisotopic (exact) mass is 364 g/mol. The zero-order valence-electron chi connectivity index (χ0n) is 12.1. The van der Waals surface area contributed by atoms with Crippen LogP contribution in [-0.2, 0) is 16.7 Å². The van der Waals surface area contributed by atoms with Crippen molar-refractivity contribution in [2.24, 2.45) is 0 Å². The number of ether oxygens (including phenoxy) is 1. The fraction of sp³-hybridized carbons (Fsp3) is 0.231. The summed E-state index contributed by atoms with van der Waals surface area (Å²) in [7, 11) is -5.89. The van der Waals surface area contributed by atoms with Crippen LogP contribution < -0.4 is 8.92 Å². The van der Waals surface area contributed by atoms with Crippen LogP contribution in [0.25, 0.3) is 0 Å². The second-order valence-electron chi connectivity index (χ2n) is 4.54. The molecule has 0 atom stereocenters. The quantitative estimate of drug-likeness (QED) is 0.642. The van der Waals surface area contributed by atoms with E-state index < -0.39 is 28.0 Å². The first-order valence-corrected chi connectivity index (χ1v) is 7.76. The number of benzene rings is 1. The van der Waals surface area contributed by atoms with Crippen molar-refractivity contribution in [2.45, 2.75) is 19.0 Å². The number of aromatic nitrogens is 2. The van der Waals surface area contributed by atoms with Gasteiger partial charge in [-0.2, -0.15) is 26.7 Å². The molecule has 0 fully saturated rings. The predicted octanol–water partition coefficient (Wildman–Crippen LogP) is 2.30.